The molecule has 2 rings (SSSR count). The molecule has 2 aromatic heterocycles. The van der Waals surface area contributed by atoms with Crippen molar-refractivity contribution in [2.75, 3.05) is 17.2 Å². The highest BCUT2D eigenvalue weighted by atomic mass is 32.1. The fraction of sp³-hybridized carbons (Fsp3) is 0.500. The second kappa shape index (κ2) is 7.41. The molecule has 1 unspecified atom stereocenters. The zero-order valence-electron chi connectivity index (χ0n) is 13.2. The van der Waals surface area contributed by atoms with E-state index in [-0.39, 0.29) is 6.04 Å². The third-order valence-corrected chi connectivity index (χ3v) is 4.10. The van der Waals surface area contributed by atoms with Crippen LogP contribution in [0.2, 0.25) is 0 Å². The summed E-state index contributed by atoms with van der Waals surface area (Å²) < 4.78 is 0. The molecule has 2 aromatic rings. The van der Waals surface area contributed by atoms with Crippen molar-refractivity contribution in [3.8, 4) is 0 Å². The van der Waals surface area contributed by atoms with Gasteiger partial charge in [0, 0.05) is 12.1 Å². The minimum absolute atomic E-state index is 0.239. The summed E-state index contributed by atoms with van der Waals surface area (Å²) in [6.45, 7) is 9.59. The molecule has 2 N–H and O–H groups in total. The fourth-order valence-corrected chi connectivity index (χ4v) is 3.01. The van der Waals surface area contributed by atoms with Crippen LogP contribution in [-0.4, -0.2) is 16.5 Å². The molecule has 5 heteroatoms. The second-order valence-corrected chi connectivity index (χ2v) is 6.27. The number of nitrogens with zero attached hydrogens (tertiary/aromatic N) is 2. The summed E-state index contributed by atoms with van der Waals surface area (Å²) in [5, 5.41) is 11.2. The Bertz CT molecular complexity index is 551. The van der Waals surface area contributed by atoms with Crippen molar-refractivity contribution < 1.29 is 0 Å². The number of anilines is 2. The average molecular weight is 304 g/mol. The van der Waals surface area contributed by atoms with Crippen LogP contribution in [0.25, 0.3) is 0 Å². The highest BCUT2D eigenvalue weighted by Gasteiger charge is 2.16. The van der Waals surface area contributed by atoms with Gasteiger partial charge in [-0.25, -0.2) is 9.97 Å². The molecule has 2 heterocycles. The van der Waals surface area contributed by atoms with E-state index in [2.05, 4.69) is 65.1 Å². The molecule has 0 saturated carbocycles. The van der Waals surface area contributed by atoms with E-state index in [1.54, 1.807) is 17.7 Å². The third-order valence-electron chi connectivity index (χ3n) is 3.40. The zero-order valence-corrected chi connectivity index (χ0v) is 14.0. The lowest BCUT2D eigenvalue weighted by Gasteiger charge is -2.20. The molecule has 0 aliphatic rings. The Hall–Kier alpha value is -1.62. The van der Waals surface area contributed by atoms with Crippen molar-refractivity contribution in [2.24, 2.45) is 0 Å². The van der Waals surface area contributed by atoms with E-state index < -0.39 is 0 Å². The summed E-state index contributed by atoms with van der Waals surface area (Å²) in [6.07, 6.45) is 2.71. The Kier molecular flexibility index (Phi) is 5.56. The molecular formula is C16H24N4S. The fourth-order valence-electron chi connectivity index (χ4n) is 2.25. The third kappa shape index (κ3) is 3.94. The average Bonchev–Trinajstić information content (AvgIpc) is 2.99. The predicted octanol–water partition coefficient (Wildman–Crippen LogP) is 4.66. The molecule has 0 fully saturated rings. The largest absolute Gasteiger partial charge is 0.370 e. The molecule has 0 amide bonds. The highest BCUT2D eigenvalue weighted by molar-refractivity contribution is 7.07. The van der Waals surface area contributed by atoms with Gasteiger partial charge in [0.2, 0.25) is 0 Å². The van der Waals surface area contributed by atoms with Crippen molar-refractivity contribution in [1.29, 1.82) is 0 Å². The van der Waals surface area contributed by atoms with Gasteiger partial charge in [0.15, 0.2) is 0 Å². The molecule has 0 saturated heterocycles. The minimum atomic E-state index is 0.239. The Morgan fingerprint density at radius 3 is 2.57 bits per heavy atom. The topological polar surface area (TPSA) is 49.8 Å². The summed E-state index contributed by atoms with van der Waals surface area (Å²) in [5.74, 6) is 2.24. The van der Waals surface area contributed by atoms with Gasteiger partial charge in [-0.1, -0.05) is 20.8 Å². The van der Waals surface area contributed by atoms with E-state index in [1.165, 1.54) is 5.56 Å². The predicted molar refractivity (Wildman–Crippen MR) is 91.3 cm³/mol. The van der Waals surface area contributed by atoms with Crippen LogP contribution in [0, 0.1) is 0 Å². The first-order valence-electron chi connectivity index (χ1n) is 7.50. The molecule has 0 aliphatic heterocycles. The van der Waals surface area contributed by atoms with Crippen LogP contribution in [0.1, 0.15) is 57.2 Å². The number of nitrogens with one attached hydrogen (secondary N) is 2. The second-order valence-electron chi connectivity index (χ2n) is 5.49. The molecule has 4 nitrogen and oxygen atoms in total. The summed E-state index contributed by atoms with van der Waals surface area (Å²) in [5.41, 5.74) is 2.45. The molecule has 0 bridgehead atoms. The van der Waals surface area contributed by atoms with E-state index in [4.69, 9.17) is 0 Å². The smallest absolute Gasteiger partial charge is 0.135 e. The van der Waals surface area contributed by atoms with Gasteiger partial charge >= 0.3 is 0 Å². The van der Waals surface area contributed by atoms with Gasteiger partial charge in [0.05, 0.1) is 6.04 Å². The maximum Gasteiger partial charge on any atom is 0.135 e. The maximum atomic E-state index is 4.46. The molecular weight excluding hydrogens is 280 g/mol. The first kappa shape index (κ1) is 15.8. The number of hydrogen-bond donors (Lipinski definition) is 2. The van der Waals surface area contributed by atoms with E-state index in [1.807, 2.05) is 0 Å². The van der Waals surface area contributed by atoms with Gasteiger partial charge in [0.25, 0.3) is 0 Å². The van der Waals surface area contributed by atoms with E-state index in [0.717, 1.165) is 30.2 Å². The molecule has 21 heavy (non-hydrogen) atoms. The van der Waals surface area contributed by atoms with Crippen LogP contribution in [0.5, 0.6) is 0 Å². The van der Waals surface area contributed by atoms with Gasteiger partial charge in [-0.2, -0.15) is 11.3 Å². The summed E-state index contributed by atoms with van der Waals surface area (Å²) in [7, 11) is 0. The summed E-state index contributed by atoms with van der Waals surface area (Å²) in [4.78, 5) is 8.87. The standard InChI is InChI=1S/C16H24N4S/c1-5-7-17-15-14(11(2)3)16(19-10-18-15)20-12(4)13-6-8-21-9-13/h6,8-12H,5,7H2,1-4H3,(H2,17,18,19,20). The first-order valence-corrected chi connectivity index (χ1v) is 8.45. The SMILES string of the molecule is CCCNc1ncnc(NC(C)c2ccsc2)c1C(C)C. The van der Waals surface area contributed by atoms with Gasteiger partial charge < -0.3 is 10.6 Å². The van der Waals surface area contributed by atoms with Crippen molar-refractivity contribution in [3.63, 3.8) is 0 Å². The molecule has 1 atom stereocenters. The maximum absolute atomic E-state index is 4.46. The lowest BCUT2D eigenvalue weighted by Crippen LogP contribution is -2.14. The number of rotatable bonds is 7. The molecule has 0 aromatic carbocycles. The normalized spacial score (nSPS) is 12.4. The zero-order chi connectivity index (χ0) is 15.2. The first-order chi connectivity index (χ1) is 10.1. The van der Waals surface area contributed by atoms with Crippen LogP contribution >= 0.6 is 11.3 Å². The van der Waals surface area contributed by atoms with Gasteiger partial charge in [-0.15, -0.1) is 0 Å². The lowest BCUT2D eigenvalue weighted by molar-refractivity contribution is 0.817. The molecule has 0 spiro atoms. The van der Waals surface area contributed by atoms with E-state index in [9.17, 15) is 0 Å². The van der Waals surface area contributed by atoms with Crippen LogP contribution in [0.15, 0.2) is 23.2 Å². The minimum Gasteiger partial charge on any atom is -0.370 e. The van der Waals surface area contributed by atoms with Crippen molar-refractivity contribution >= 4 is 23.0 Å². The quantitative estimate of drug-likeness (QED) is 0.781. The van der Waals surface area contributed by atoms with Gasteiger partial charge in [-0.05, 0) is 41.7 Å². The molecule has 0 aliphatic carbocycles. The van der Waals surface area contributed by atoms with Crippen LogP contribution in [-0.2, 0) is 0 Å². The summed E-state index contributed by atoms with van der Waals surface area (Å²) in [6, 6.07) is 2.39. The molecule has 114 valence electrons. The molecule has 0 radical (unpaired) electrons. The number of aromatic nitrogens is 2. The van der Waals surface area contributed by atoms with Gasteiger partial charge in [0.1, 0.15) is 18.0 Å². The lowest BCUT2D eigenvalue weighted by atomic mass is 10.0. The Labute approximate surface area is 131 Å². The monoisotopic (exact) mass is 304 g/mol. The van der Waals surface area contributed by atoms with Crippen LogP contribution < -0.4 is 10.6 Å². The van der Waals surface area contributed by atoms with Crippen molar-refractivity contribution in [3.05, 3.63) is 34.3 Å². The summed E-state index contributed by atoms with van der Waals surface area (Å²) >= 11 is 1.72. The van der Waals surface area contributed by atoms with Crippen LogP contribution in [0.4, 0.5) is 11.6 Å². The van der Waals surface area contributed by atoms with Gasteiger partial charge in [-0.3, -0.25) is 0 Å². The number of hydrogen-bond acceptors (Lipinski definition) is 5. The van der Waals surface area contributed by atoms with E-state index >= 15 is 0 Å². The van der Waals surface area contributed by atoms with Crippen molar-refractivity contribution in [1.82, 2.24) is 9.97 Å². The Morgan fingerprint density at radius 2 is 1.95 bits per heavy atom. The Balaban J connectivity index is 2.25. The number of thiophene rings is 1. The van der Waals surface area contributed by atoms with Crippen LogP contribution in [0.3, 0.4) is 0 Å². The van der Waals surface area contributed by atoms with E-state index in [0.29, 0.717) is 5.92 Å². The van der Waals surface area contributed by atoms with Crippen molar-refractivity contribution in [2.45, 2.75) is 46.1 Å². The highest BCUT2D eigenvalue weighted by Crippen LogP contribution is 2.31. The Morgan fingerprint density at radius 1 is 1.19 bits per heavy atom.